The SMILES string of the molecule is Cc1ccc(-c2cccc(-c3nc(-c4cccc(-c5ccccc5)c4-n4c5ccccc5c5ccccc54)nc(-n4c5ccccc5c5ccccc54)n3)c2-n2c3ccccc3c3ccccc32)cc1. The van der Waals surface area contributed by atoms with Crippen molar-refractivity contribution in [3.05, 3.63) is 242 Å². The average Bonchev–Trinajstić information content (AvgIpc) is 4.07. The Morgan fingerprint density at radius 3 is 0.957 bits per heavy atom. The van der Waals surface area contributed by atoms with Gasteiger partial charge in [0.15, 0.2) is 11.6 Å². The summed E-state index contributed by atoms with van der Waals surface area (Å²) in [5.74, 6) is 1.65. The maximum atomic E-state index is 5.73. The van der Waals surface area contributed by atoms with Gasteiger partial charge in [0, 0.05) is 54.6 Å². The molecule has 6 heteroatoms. The van der Waals surface area contributed by atoms with Crippen LogP contribution in [0, 0.1) is 6.92 Å². The minimum absolute atomic E-state index is 0.532. The lowest BCUT2D eigenvalue weighted by molar-refractivity contribution is 0.950. The van der Waals surface area contributed by atoms with Gasteiger partial charge in [0.2, 0.25) is 5.95 Å². The minimum Gasteiger partial charge on any atom is -0.308 e. The molecular formula is C64H42N6. The van der Waals surface area contributed by atoms with E-state index >= 15 is 0 Å². The van der Waals surface area contributed by atoms with E-state index in [1.54, 1.807) is 0 Å². The minimum atomic E-state index is 0.532. The summed E-state index contributed by atoms with van der Waals surface area (Å²) in [7, 11) is 0. The molecule has 0 N–H and O–H groups in total. The summed E-state index contributed by atoms with van der Waals surface area (Å²) in [6, 6.07) is 84.5. The molecule has 14 aromatic rings. The second-order valence-electron chi connectivity index (χ2n) is 18.0. The first-order chi connectivity index (χ1) is 34.7. The predicted molar refractivity (Wildman–Crippen MR) is 289 cm³/mol. The normalized spacial score (nSPS) is 11.8. The molecule has 4 heterocycles. The molecule has 6 nitrogen and oxygen atoms in total. The number of nitrogens with zero attached hydrogens (tertiary/aromatic N) is 6. The number of hydrogen-bond donors (Lipinski definition) is 0. The third-order valence-electron chi connectivity index (χ3n) is 14.0. The van der Waals surface area contributed by atoms with Crippen molar-refractivity contribution in [3.8, 4) is 62.4 Å². The van der Waals surface area contributed by atoms with Gasteiger partial charge in [-0.05, 0) is 66.6 Å². The first-order valence-corrected chi connectivity index (χ1v) is 23.8. The highest BCUT2D eigenvalue weighted by molar-refractivity contribution is 6.12. The van der Waals surface area contributed by atoms with Gasteiger partial charge in [-0.15, -0.1) is 0 Å². The maximum absolute atomic E-state index is 5.73. The lowest BCUT2D eigenvalue weighted by Crippen LogP contribution is -2.10. The summed E-state index contributed by atoms with van der Waals surface area (Å²) < 4.78 is 7.04. The van der Waals surface area contributed by atoms with E-state index in [9.17, 15) is 0 Å². The van der Waals surface area contributed by atoms with E-state index in [1.165, 1.54) is 27.1 Å². The van der Waals surface area contributed by atoms with Gasteiger partial charge in [-0.3, -0.25) is 4.57 Å². The molecular weight excluding hydrogens is 853 g/mol. The van der Waals surface area contributed by atoms with E-state index in [0.29, 0.717) is 17.6 Å². The van der Waals surface area contributed by atoms with Gasteiger partial charge in [-0.1, -0.05) is 194 Å². The van der Waals surface area contributed by atoms with Crippen molar-refractivity contribution < 1.29 is 0 Å². The standard InChI is InChI=1S/C64H42N6/c1-41-37-39-43(40-38-41)45-28-18-30-53(61(45)69-56-33-13-7-23-48(56)49-24-8-14-34-57(49)69)63-65-62(66-64(67-63)70-58-35-15-9-25-50(58)51-26-10-16-36-59(51)70)52-29-17-27-44(42-19-3-2-4-20-42)60(52)68-54-31-11-5-21-46(54)47-22-6-12-32-55(47)68/h2-40H,1H3. The number of aromatic nitrogens is 6. The van der Waals surface area contributed by atoms with E-state index in [4.69, 9.17) is 15.0 Å². The average molecular weight is 895 g/mol. The monoisotopic (exact) mass is 894 g/mol. The van der Waals surface area contributed by atoms with E-state index in [1.807, 2.05) is 0 Å². The zero-order valence-electron chi connectivity index (χ0n) is 38.2. The van der Waals surface area contributed by atoms with Crippen LogP contribution >= 0.6 is 0 Å². The number of benzene rings is 10. The lowest BCUT2D eigenvalue weighted by Gasteiger charge is -2.21. The Balaban J connectivity index is 1.14. The summed E-state index contributed by atoms with van der Waals surface area (Å²) in [5.41, 5.74) is 15.7. The van der Waals surface area contributed by atoms with Crippen molar-refractivity contribution in [2.75, 3.05) is 0 Å². The van der Waals surface area contributed by atoms with E-state index in [-0.39, 0.29) is 0 Å². The number of fused-ring (bicyclic) bond motifs is 9. The van der Waals surface area contributed by atoms with E-state index in [0.717, 1.165) is 88.6 Å². The predicted octanol–water partition coefficient (Wildman–Crippen LogP) is 16.1. The van der Waals surface area contributed by atoms with Crippen LogP contribution in [0.2, 0.25) is 0 Å². The first-order valence-electron chi connectivity index (χ1n) is 23.8. The Bertz CT molecular complexity index is 4200. The van der Waals surface area contributed by atoms with Gasteiger partial charge in [0.1, 0.15) is 0 Å². The topological polar surface area (TPSA) is 53.5 Å². The van der Waals surface area contributed by atoms with Gasteiger partial charge in [0.05, 0.1) is 44.5 Å². The zero-order chi connectivity index (χ0) is 46.3. The van der Waals surface area contributed by atoms with E-state index in [2.05, 4.69) is 257 Å². The van der Waals surface area contributed by atoms with Gasteiger partial charge in [0.25, 0.3) is 0 Å². The second kappa shape index (κ2) is 15.9. The molecule has 0 aliphatic rings. The zero-order valence-corrected chi connectivity index (χ0v) is 38.2. The van der Waals surface area contributed by atoms with Crippen LogP contribution in [-0.2, 0) is 0 Å². The van der Waals surface area contributed by atoms with Crippen LogP contribution in [0.5, 0.6) is 0 Å². The highest BCUT2D eigenvalue weighted by Gasteiger charge is 2.26. The molecule has 328 valence electrons. The summed E-state index contributed by atoms with van der Waals surface area (Å²) in [4.78, 5) is 17.0. The molecule has 0 amide bonds. The van der Waals surface area contributed by atoms with E-state index < -0.39 is 0 Å². The Hall–Kier alpha value is -9.39. The lowest BCUT2D eigenvalue weighted by atomic mass is 9.97. The van der Waals surface area contributed by atoms with Crippen LogP contribution in [-0.4, -0.2) is 28.7 Å². The Morgan fingerprint density at radius 2 is 0.571 bits per heavy atom. The third-order valence-corrected chi connectivity index (χ3v) is 14.0. The van der Waals surface area contributed by atoms with Crippen molar-refractivity contribution in [3.63, 3.8) is 0 Å². The number of hydrogen-bond acceptors (Lipinski definition) is 3. The maximum Gasteiger partial charge on any atom is 0.238 e. The fraction of sp³-hybridized carbons (Fsp3) is 0.0156. The van der Waals surface area contributed by atoms with Crippen LogP contribution < -0.4 is 0 Å². The van der Waals surface area contributed by atoms with Gasteiger partial charge >= 0.3 is 0 Å². The molecule has 0 fully saturated rings. The number of aryl methyl sites for hydroxylation is 1. The molecule has 0 atom stereocenters. The quantitative estimate of drug-likeness (QED) is 0.160. The molecule has 0 aliphatic carbocycles. The Morgan fingerprint density at radius 1 is 0.257 bits per heavy atom. The molecule has 4 aromatic heterocycles. The summed E-state index contributed by atoms with van der Waals surface area (Å²) in [5, 5.41) is 6.98. The van der Waals surface area contributed by atoms with Crippen LogP contribution in [0.1, 0.15) is 5.56 Å². The molecule has 0 aliphatic heterocycles. The highest BCUT2D eigenvalue weighted by atomic mass is 15.2. The Labute approximate surface area is 403 Å². The molecule has 0 saturated heterocycles. The van der Waals surface area contributed by atoms with Crippen molar-refractivity contribution in [2.45, 2.75) is 6.92 Å². The first kappa shape index (κ1) is 39.7. The fourth-order valence-corrected chi connectivity index (χ4v) is 10.9. The fourth-order valence-electron chi connectivity index (χ4n) is 10.9. The highest BCUT2D eigenvalue weighted by Crippen LogP contribution is 2.44. The van der Waals surface area contributed by atoms with Gasteiger partial charge < -0.3 is 9.13 Å². The summed E-state index contributed by atoms with van der Waals surface area (Å²) in [6.07, 6.45) is 0. The van der Waals surface area contributed by atoms with Crippen molar-refractivity contribution in [1.29, 1.82) is 0 Å². The van der Waals surface area contributed by atoms with Crippen LogP contribution in [0.15, 0.2) is 237 Å². The van der Waals surface area contributed by atoms with Crippen molar-refractivity contribution in [1.82, 2.24) is 28.7 Å². The Kier molecular flexibility index (Phi) is 9.01. The number of para-hydroxylation sites is 8. The smallest absolute Gasteiger partial charge is 0.238 e. The molecule has 10 aromatic carbocycles. The molecule has 0 radical (unpaired) electrons. The summed E-state index contributed by atoms with van der Waals surface area (Å²) in [6.45, 7) is 2.14. The molecule has 70 heavy (non-hydrogen) atoms. The van der Waals surface area contributed by atoms with Gasteiger partial charge in [-0.2, -0.15) is 9.97 Å². The van der Waals surface area contributed by atoms with Crippen LogP contribution in [0.25, 0.3) is 128 Å². The molecule has 0 saturated carbocycles. The van der Waals surface area contributed by atoms with Crippen molar-refractivity contribution >= 4 is 65.4 Å². The summed E-state index contributed by atoms with van der Waals surface area (Å²) >= 11 is 0. The second-order valence-corrected chi connectivity index (χ2v) is 18.0. The van der Waals surface area contributed by atoms with Crippen LogP contribution in [0.3, 0.4) is 0 Å². The third kappa shape index (κ3) is 6.10. The van der Waals surface area contributed by atoms with Crippen LogP contribution in [0.4, 0.5) is 0 Å². The molecule has 0 unspecified atom stereocenters. The van der Waals surface area contributed by atoms with Gasteiger partial charge in [-0.25, -0.2) is 4.98 Å². The molecule has 0 spiro atoms. The molecule has 0 bridgehead atoms. The van der Waals surface area contributed by atoms with Crippen molar-refractivity contribution in [2.24, 2.45) is 0 Å². The molecule has 14 rings (SSSR count). The largest absolute Gasteiger partial charge is 0.308 e. The number of rotatable bonds is 7.